The highest BCUT2D eigenvalue weighted by atomic mass is 79.9. The third-order valence-electron chi connectivity index (χ3n) is 2.53. The van der Waals surface area contributed by atoms with E-state index in [-0.39, 0.29) is 0 Å². The van der Waals surface area contributed by atoms with Gasteiger partial charge in [-0.25, -0.2) is 0 Å². The van der Waals surface area contributed by atoms with E-state index < -0.39 is 0 Å². The van der Waals surface area contributed by atoms with Gasteiger partial charge in [0.2, 0.25) is 0 Å². The summed E-state index contributed by atoms with van der Waals surface area (Å²) in [7, 11) is 0. The van der Waals surface area contributed by atoms with E-state index >= 15 is 0 Å². The molecule has 1 heterocycles. The van der Waals surface area contributed by atoms with Crippen molar-refractivity contribution >= 4 is 21.7 Å². The van der Waals surface area contributed by atoms with Gasteiger partial charge < -0.3 is 5.73 Å². The molecule has 1 aromatic heterocycles. The standard InChI is InChI=1S/C12H14BrN3/c1-7(2)9-4-3-8(5-10(9)13)11-6-12(14)16-15-11/h3-7H,1-2H3,(H3,14,15,16). The predicted molar refractivity (Wildman–Crippen MR) is 70.2 cm³/mol. The number of halogens is 1. The monoisotopic (exact) mass is 279 g/mol. The summed E-state index contributed by atoms with van der Waals surface area (Å²) in [6.07, 6.45) is 0. The normalized spacial score (nSPS) is 11.0. The van der Waals surface area contributed by atoms with Crippen molar-refractivity contribution < 1.29 is 0 Å². The van der Waals surface area contributed by atoms with Crippen molar-refractivity contribution in [1.82, 2.24) is 10.2 Å². The van der Waals surface area contributed by atoms with Gasteiger partial charge in [-0.2, -0.15) is 5.10 Å². The molecular weight excluding hydrogens is 266 g/mol. The molecule has 4 heteroatoms. The second kappa shape index (κ2) is 4.29. The molecule has 0 aliphatic rings. The highest BCUT2D eigenvalue weighted by Crippen LogP contribution is 2.29. The molecule has 2 aromatic rings. The second-order valence-corrected chi connectivity index (χ2v) is 4.95. The Balaban J connectivity index is 2.42. The van der Waals surface area contributed by atoms with Crippen LogP contribution in [0.25, 0.3) is 11.3 Å². The van der Waals surface area contributed by atoms with Gasteiger partial charge in [0.15, 0.2) is 0 Å². The Kier molecular flexibility index (Phi) is 3.01. The van der Waals surface area contributed by atoms with Crippen LogP contribution in [0.5, 0.6) is 0 Å². The lowest BCUT2D eigenvalue weighted by atomic mass is 10.0. The highest BCUT2D eigenvalue weighted by molar-refractivity contribution is 9.10. The van der Waals surface area contributed by atoms with Crippen molar-refractivity contribution in [3.05, 3.63) is 34.3 Å². The van der Waals surface area contributed by atoms with Gasteiger partial charge in [0, 0.05) is 16.1 Å². The molecular formula is C12H14BrN3. The van der Waals surface area contributed by atoms with Crippen LogP contribution in [0.4, 0.5) is 5.82 Å². The lowest BCUT2D eigenvalue weighted by molar-refractivity contribution is 0.861. The summed E-state index contributed by atoms with van der Waals surface area (Å²) in [5, 5.41) is 6.82. The number of aromatic amines is 1. The molecule has 2 rings (SSSR count). The summed E-state index contributed by atoms with van der Waals surface area (Å²) in [4.78, 5) is 0. The van der Waals surface area contributed by atoms with E-state index in [9.17, 15) is 0 Å². The van der Waals surface area contributed by atoms with Crippen LogP contribution in [0.2, 0.25) is 0 Å². The zero-order valence-corrected chi connectivity index (χ0v) is 10.9. The third kappa shape index (κ3) is 2.11. The predicted octanol–water partition coefficient (Wildman–Crippen LogP) is 3.54. The zero-order valence-electron chi connectivity index (χ0n) is 9.29. The summed E-state index contributed by atoms with van der Waals surface area (Å²) in [6.45, 7) is 4.35. The van der Waals surface area contributed by atoms with Crippen LogP contribution >= 0.6 is 15.9 Å². The van der Waals surface area contributed by atoms with E-state index in [0.29, 0.717) is 11.7 Å². The summed E-state index contributed by atoms with van der Waals surface area (Å²) in [5.41, 5.74) is 8.90. The Morgan fingerprint density at radius 3 is 2.56 bits per heavy atom. The molecule has 84 valence electrons. The van der Waals surface area contributed by atoms with E-state index in [0.717, 1.165) is 15.7 Å². The fourth-order valence-electron chi connectivity index (χ4n) is 1.65. The largest absolute Gasteiger partial charge is 0.382 e. The Labute approximate surface area is 103 Å². The number of nitrogens with one attached hydrogen (secondary N) is 1. The Morgan fingerprint density at radius 1 is 1.31 bits per heavy atom. The maximum Gasteiger partial charge on any atom is 0.145 e. The number of nitrogens with two attached hydrogens (primary N) is 1. The summed E-state index contributed by atoms with van der Waals surface area (Å²) in [6, 6.07) is 8.12. The first-order valence-electron chi connectivity index (χ1n) is 5.18. The molecule has 3 N–H and O–H groups in total. The lowest BCUT2D eigenvalue weighted by Gasteiger charge is -2.09. The number of hydrogen-bond donors (Lipinski definition) is 2. The minimum absolute atomic E-state index is 0.510. The minimum atomic E-state index is 0.510. The molecule has 3 nitrogen and oxygen atoms in total. The number of rotatable bonds is 2. The molecule has 0 atom stereocenters. The summed E-state index contributed by atoms with van der Waals surface area (Å²) >= 11 is 3.59. The topological polar surface area (TPSA) is 54.7 Å². The van der Waals surface area contributed by atoms with Gasteiger partial charge in [0.05, 0.1) is 5.69 Å². The molecule has 0 spiro atoms. The molecule has 0 aliphatic heterocycles. The maximum absolute atomic E-state index is 5.58. The smallest absolute Gasteiger partial charge is 0.145 e. The van der Waals surface area contributed by atoms with Crippen molar-refractivity contribution in [3.8, 4) is 11.3 Å². The molecule has 16 heavy (non-hydrogen) atoms. The lowest BCUT2D eigenvalue weighted by Crippen LogP contribution is -1.89. The molecule has 0 amide bonds. The third-order valence-corrected chi connectivity index (χ3v) is 3.22. The molecule has 0 saturated carbocycles. The van der Waals surface area contributed by atoms with Gasteiger partial charge in [-0.05, 0) is 17.5 Å². The molecule has 0 radical (unpaired) electrons. The highest BCUT2D eigenvalue weighted by Gasteiger charge is 2.07. The number of nitrogens with zero attached hydrogens (tertiary/aromatic N) is 1. The molecule has 0 saturated heterocycles. The second-order valence-electron chi connectivity index (χ2n) is 4.10. The summed E-state index contributed by atoms with van der Waals surface area (Å²) in [5.74, 6) is 1.02. The maximum atomic E-state index is 5.58. The van der Waals surface area contributed by atoms with Gasteiger partial charge >= 0.3 is 0 Å². The number of nitrogen functional groups attached to an aromatic ring is 1. The number of aromatic nitrogens is 2. The number of benzene rings is 1. The van der Waals surface area contributed by atoms with Crippen molar-refractivity contribution in [2.45, 2.75) is 19.8 Å². The van der Waals surface area contributed by atoms with Gasteiger partial charge in [0.25, 0.3) is 0 Å². The fraction of sp³-hybridized carbons (Fsp3) is 0.250. The van der Waals surface area contributed by atoms with Crippen molar-refractivity contribution in [1.29, 1.82) is 0 Å². The van der Waals surface area contributed by atoms with Gasteiger partial charge in [-0.3, -0.25) is 5.10 Å². The Morgan fingerprint density at radius 2 is 2.06 bits per heavy atom. The van der Waals surface area contributed by atoms with Crippen LogP contribution < -0.4 is 5.73 Å². The molecule has 1 aromatic carbocycles. The van der Waals surface area contributed by atoms with Crippen LogP contribution in [0, 0.1) is 0 Å². The van der Waals surface area contributed by atoms with Crippen molar-refractivity contribution in [3.63, 3.8) is 0 Å². The zero-order chi connectivity index (χ0) is 11.7. The average Bonchev–Trinajstić information content (AvgIpc) is 2.64. The van der Waals surface area contributed by atoms with E-state index in [1.54, 1.807) is 0 Å². The van der Waals surface area contributed by atoms with Crippen molar-refractivity contribution in [2.24, 2.45) is 0 Å². The SMILES string of the molecule is CC(C)c1ccc(-c2cc(N)n[nH]2)cc1Br. The molecule has 0 bridgehead atoms. The van der Waals surface area contributed by atoms with Gasteiger partial charge in [0.1, 0.15) is 5.82 Å². The average molecular weight is 280 g/mol. The van der Waals surface area contributed by atoms with Crippen LogP contribution in [0.15, 0.2) is 28.7 Å². The van der Waals surface area contributed by atoms with Gasteiger partial charge in [-0.15, -0.1) is 0 Å². The fourth-order valence-corrected chi connectivity index (χ4v) is 2.48. The molecule has 0 fully saturated rings. The van der Waals surface area contributed by atoms with E-state index in [2.05, 4.69) is 58.2 Å². The van der Waals surface area contributed by atoms with Crippen molar-refractivity contribution in [2.75, 3.05) is 5.73 Å². The first kappa shape index (κ1) is 11.2. The van der Waals surface area contributed by atoms with E-state index in [1.165, 1.54) is 5.56 Å². The minimum Gasteiger partial charge on any atom is -0.382 e. The molecule has 0 unspecified atom stereocenters. The quantitative estimate of drug-likeness (QED) is 0.884. The summed E-state index contributed by atoms with van der Waals surface area (Å²) < 4.78 is 1.12. The first-order chi connectivity index (χ1) is 7.58. The van der Waals surface area contributed by atoms with E-state index in [4.69, 9.17) is 5.73 Å². The van der Waals surface area contributed by atoms with Gasteiger partial charge in [-0.1, -0.05) is 41.9 Å². The van der Waals surface area contributed by atoms with Crippen LogP contribution in [0.3, 0.4) is 0 Å². The van der Waals surface area contributed by atoms with Crippen LogP contribution in [0.1, 0.15) is 25.3 Å². The Hall–Kier alpha value is -1.29. The first-order valence-corrected chi connectivity index (χ1v) is 5.98. The van der Waals surface area contributed by atoms with Crippen LogP contribution in [-0.4, -0.2) is 10.2 Å². The molecule has 0 aliphatic carbocycles. The number of anilines is 1. The van der Waals surface area contributed by atoms with E-state index in [1.807, 2.05) is 6.07 Å². The number of H-pyrrole nitrogens is 1. The number of hydrogen-bond acceptors (Lipinski definition) is 2. The van der Waals surface area contributed by atoms with Crippen LogP contribution in [-0.2, 0) is 0 Å². The Bertz CT molecular complexity index is 503.